The van der Waals surface area contributed by atoms with Gasteiger partial charge in [0.15, 0.2) is 0 Å². The SMILES string of the molecule is O=C(CCc1ccc(S(=O)(=O)N2CCCCC2)cc1)NCCN1CCN(Cc2ccccc2)CC1. The van der Waals surface area contributed by atoms with E-state index in [1.165, 1.54) is 5.56 Å². The minimum Gasteiger partial charge on any atom is -0.355 e. The zero-order chi connectivity index (χ0) is 24.5. The van der Waals surface area contributed by atoms with Crippen LogP contribution in [0.4, 0.5) is 0 Å². The number of hydrogen-bond acceptors (Lipinski definition) is 5. The number of rotatable bonds is 10. The zero-order valence-corrected chi connectivity index (χ0v) is 21.4. The first kappa shape index (κ1) is 25.8. The topological polar surface area (TPSA) is 73.0 Å². The first-order chi connectivity index (χ1) is 17.0. The van der Waals surface area contributed by atoms with Crippen LogP contribution in [0.3, 0.4) is 0 Å². The summed E-state index contributed by atoms with van der Waals surface area (Å²) in [6, 6.07) is 17.6. The smallest absolute Gasteiger partial charge is 0.243 e. The van der Waals surface area contributed by atoms with Crippen LogP contribution in [0, 0.1) is 0 Å². The summed E-state index contributed by atoms with van der Waals surface area (Å²) >= 11 is 0. The summed E-state index contributed by atoms with van der Waals surface area (Å²) in [4.78, 5) is 17.5. The maximum atomic E-state index is 12.8. The van der Waals surface area contributed by atoms with E-state index in [0.717, 1.165) is 64.1 Å². The van der Waals surface area contributed by atoms with Crippen LogP contribution in [0.2, 0.25) is 0 Å². The molecule has 2 aliphatic heterocycles. The number of sulfonamides is 1. The van der Waals surface area contributed by atoms with E-state index in [9.17, 15) is 13.2 Å². The van der Waals surface area contributed by atoms with E-state index in [-0.39, 0.29) is 5.91 Å². The summed E-state index contributed by atoms with van der Waals surface area (Å²) in [6.07, 6.45) is 3.96. The Morgan fingerprint density at radius 2 is 1.43 bits per heavy atom. The zero-order valence-electron chi connectivity index (χ0n) is 20.6. The van der Waals surface area contributed by atoms with E-state index in [2.05, 4.69) is 45.4 Å². The van der Waals surface area contributed by atoms with Crippen molar-refractivity contribution in [1.82, 2.24) is 19.4 Å². The van der Waals surface area contributed by atoms with Crippen molar-refractivity contribution in [1.29, 1.82) is 0 Å². The lowest BCUT2D eigenvalue weighted by Gasteiger charge is -2.34. The van der Waals surface area contributed by atoms with E-state index in [1.807, 2.05) is 12.1 Å². The van der Waals surface area contributed by atoms with Crippen molar-refractivity contribution in [2.45, 2.75) is 43.5 Å². The average molecular weight is 499 g/mol. The first-order valence-corrected chi connectivity index (χ1v) is 14.3. The van der Waals surface area contributed by atoms with Gasteiger partial charge in [0.1, 0.15) is 0 Å². The van der Waals surface area contributed by atoms with Gasteiger partial charge in [0.25, 0.3) is 0 Å². The molecule has 0 radical (unpaired) electrons. The molecule has 0 aromatic heterocycles. The third-order valence-corrected chi connectivity index (χ3v) is 8.89. The molecule has 0 unspecified atom stereocenters. The molecule has 4 rings (SSSR count). The third-order valence-electron chi connectivity index (χ3n) is 6.98. The number of aryl methyl sites for hydroxylation is 1. The Balaban J connectivity index is 1.12. The van der Waals surface area contributed by atoms with Gasteiger partial charge < -0.3 is 5.32 Å². The Labute approximate surface area is 210 Å². The Kier molecular flexibility index (Phi) is 9.31. The molecular weight excluding hydrogens is 460 g/mol. The highest BCUT2D eigenvalue weighted by atomic mass is 32.2. The molecule has 7 nitrogen and oxygen atoms in total. The van der Waals surface area contributed by atoms with Gasteiger partial charge in [0, 0.05) is 65.3 Å². The molecule has 0 atom stereocenters. The highest BCUT2D eigenvalue weighted by Gasteiger charge is 2.25. The van der Waals surface area contributed by atoms with Gasteiger partial charge in [-0.05, 0) is 42.5 Å². The largest absolute Gasteiger partial charge is 0.355 e. The predicted octanol–water partition coefficient (Wildman–Crippen LogP) is 2.73. The lowest BCUT2D eigenvalue weighted by atomic mass is 10.1. The van der Waals surface area contributed by atoms with Gasteiger partial charge in [0.05, 0.1) is 4.90 Å². The molecule has 35 heavy (non-hydrogen) atoms. The number of carbonyl (C=O) groups is 1. The second-order valence-corrected chi connectivity index (χ2v) is 11.5. The van der Waals surface area contributed by atoms with E-state index >= 15 is 0 Å². The molecule has 2 aliphatic rings. The Bertz CT molecular complexity index is 1030. The van der Waals surface area contributed by atoms with Crippen molar-refractivity contribution in [3.63, 3.8) is 0 Å². The molecular formula is C27H38N4O3S. The van der Waals surface area contributed by atoms with Gasteiger partial charge in [-0.25, -0.2) is 8.42 Å². The number of piperidine rings is 1. The van der Waals surface area contributed by atoms with E-state index in [1.54, 1.807) is 16.4 Å². The molecule has 190 valence electrons. The minimum atomic E-state index is -3.41. The molecule has 1 amide bonds. The van der Waals surface area contributed by atoms with Crippen LogP contribution in [0.5, 0.6) is 0 Å². The maximum absolute atomic E-state index is 12.8. The minimum absolute atomic E-state index is 0.0396. The standard InChI is InChI=1S/C27H38N4O3S/c32-27(28-15-18-29-19-21-30(22-20-29)23-25-7-3-1-4-8-25)14-11-24-9-12-26(13-10-24)35(33,34)31-16-5-2-6-17-31/h1,3-4,7-10,12-13H,2,5-6,11,14-23H2,(H,28,32). The Morgan fingerprint density at radius 3 is 2.11 bits per heavy atom. The van der Waals surface area contributed by atoms with E-state index in [4.69, 9.17) is 0 Å². The fourth-order valence-corrected chi connectivity index (χ4v) is 6.31. The van der Waals surface area contributed by atoms with Gasteiger partial charge in [-0.2, -0.15) is 4.31 Å². The van der Waals surface area contributed by atoms with Crippen LogP contribution < -0.4 is 5.32 Å². The Morgan fingerprint density at radius 1 is 0.771 bits per heavy atom. The highest BCUT2D eigenvalue weighted by Crippen LogP contribution is 2.21. The van der Waals surface area contributed by atoms with Crippen molar-refractivity contribution in [2.24, 2.45) is 0 Å². The predicted molar refractivity (Wildman–Crippen MR) is 139 cm³/mol. The van der Waals surface area contributed by atoms with Gasteiger partial charge in [-0.1, -0.05) is 48.9 Å². The van der Waals surface area contributed by atoms with Crippen molar-refractivity contribution in [3.05, 3.63) is 65.7 Å². The van der Waals surface area contributed by atoms with Crippen LogP contribution in [0.25, 0.3) is 0 Å². The molecule has 1 N–H and O–H groups in total. The number of nitrogens with one attached hydrogen (secondary N) is 1. The monoisotopic (exact) mass is 498 g/mol. The van der Waals surface area contributed by atoms with Crippen molar-refractivity contribution in [2.75, 3.05) is 52.4 Å². The summed E-state index contributed by atoms with van der Waals surface area (Å²) in [5.74, 6) is 0.0396. The summed E-state index contributed by atoms with van der Waals surface area (Å²) in [7, 11) is -3.41. The van der Waals surface area contributed by atoms with Crippen molar-refractivity contribution in [3.8, 4) is 0 Å². The fraction of sp³-hybridized carbons (Fsp3) is 0.519. The van der Waals surface area contributed by atoms with Gasteiger partial charge in [-0.15, -0.1) is 0 Å². The summed E-state index contributed by atoms with van der Waals surface area (Å²) in [5.41, 5.74) is 2.33. The number of nitrogens with zero attached hydrogens (tertiary/aromatic N) is 3. The Hall–Kier alpha value is -2.26. The summed E-state index contributed by atoms with van der Waals surface area (Å²) in [6.45, 7) is 7.87. The number of hydrogen-bond donors (Lipinski definition) is 1. The molecule has 2 saturated heterocycles. The van der Waals surface area contributed by atoms with Crippen LogP contribution in [-0.4, -0.2) is 80.8 Å². The lowest BCUT2D eigenvalue weighted by molar-refractivity contribution is -0.121. The molecule has 8 heteroatoms. The van der Waals surface area contributed by atoms with Crippen LogP contribution >= 0.6 is 0 Å². The van der Waals surface area contributed by atoms with Crippen LogP contribution in [0.1, 0.15) is 36.8 Å². The number of piperazine rings is 1. The molecule has 2 aromatic rings. The number of carbonyl (C=O) groups excluding carboxylic acids is 1. The van der Waals surface area contributed by atoms with Gasteiger partial charge >= 0.3 is 0 Å². The second kappa shape index (κ2) is 12.6. The summed E-state index contributed by atoms with van der Waals surface area (Å²) in [5, 5.41) is 3.03. The molecule has 2 heterocycles. The number of amides is 1. The van der Waals surface area contributed by atoms with Crippen molar-refractivity contribution < 1.29 is 13.2 Å². The lowest BCUT2D eigenvalue weighted by Crippen LogP contribution is -2.48. The summed E-state index contributed by atoms with van der Waals surface area (Å²) < 4.78 is 27.1. The number of benzene rings is 2. The maximum Gasteiger partial charge on any atom is 0.243 e. The second-order valence-electron chi connectivity index (χ2n) is 9.56. The van der Waals surface area contributed by atoms with Gasteiger partial charge in [0.2, 0.25) is 15.9 Å². The molecule has 0 bridgehead atoms. The third kappa shape index (κ3) is 7.61. The average Bonchev–Trinajstić information content (AvgIpc) is 2.90. The molecule has 0 saturated carbocycles. The molecule has 2 aromatic carbocycles. The normalized spacial score (nSPS) is 18.4. The van der Waals surface area contributed by atoms with Crippen LogP contribution in [-0.2, 0) is 27.8 Å². The van der Waals surface area contributed by atoms with Crippen molar-refractivity contribution >= 4 is 15.9 Å². The molecule has 0 aliphatic carbocycles. The van der Waals surface area contributed by atoms with E-state index in [0.29, 0.717) is 37.4 Å². The van der Waals surface area contributed by atoms with E-state index < -0.39 is 10.0 Å². The fourth-order valence-electron chi connectivity index (χ4n) is 4.79. The van der Waals surface area contributed by atoms with Crippen LogP contribution in [0.15, 0.2) is 59.5 Å². The first-order valence-electron chi connectivity index (χ1n) is 12.9. The molecule has 0 spiro atoms. The van der Waals surface area contributed by atoms with Gasteiger partial charge in [-0.3, -0.25) is 14.6 Å². The quantitative estimate of drug-likeness (QED) is 0.545. The molecule has 2 fully saturated rings. The highest BCUT2D eigenvalue weighted by molar-refractivity contribution is 7.89.